The van der Waals surface area contributed by atoms with E-state index in [1.54, 1.807) is 0 Å². The number of hydrogen-bond acceptors (Lipinski definition) is 1. The van der Waals surface area contributed by atoms with Gasteiger partial charge in [-0.2, -0.15) is 0 Å². The molecule has 0 radical (unpaired) electrons. The van der Waals surface area contributed by atoms with Gasteiger partial charge in [0.1, 0.15) is 0 Å². The Bertz CT molecular complexity index is 804. The van der Waals surface area contributed by atoms with Crippen LogP contribution >= 0.6 is 11.8 Å². The Hall–Kier alpha value is -2.25. The van der Waals surface area contributed by atoms with Crippen LogP contribution in [0.25, 0.3) is 4.91 Å². The quantitative estimate of drug-likeness (QED) is 0.562. The zero-order chi connectivity index (χ0) is 14.8. The van der Waals surface area contributed by atoms with Crippen LogP contribution in [0.4, 0.5) is 0 Å². The first-order valence-corrected chi connectivity index (χ1v) is 8.32. The van der Waals surface area contributed by atoms with E-state index in [1.807, 2.05) is 11.8 Å². The molecule has 4 rings (SSSR count). The average molecular weight is 300 g/mol. The summed E-state index contributed by atoms with van der Waals surface area (Å²) >= 11 is 1.87. The summed E-state index contributed by atoms with van der Waals surface area (Å²) in [4.78, 5) is 2.70. The van der Waals surface area contributed by atoms with E-state index in [4.69, 9.17) is 0 Å². The fraction of sp³-hybridized carbons (Fsp3) is 0.0476. The van der Waals surface area contributed by atoms with Gasteiger partial charge in [-0.15, -0.1) is 0 Å². The number of thioether (sulfide) groups is 1. The molecule has 0 fully saturated rings. The van der Waals surface area contributed by atoms with Crippen LogP contribution in [0.5, 0.6) is 0 Å². The van der Waals surface area contributed by atoms with Crippen molar-refractivity contribution >= 4 is 16.7 Å². The topological polar surface area (TPSA) is 0 Å². The molecule has 0 N–H and O–H groups in total. The lowest BCUT2D eigenvalue weighted by Crippen LogP contribution is -2.04. The zero-order valence-corrected chi connectivity index (χ0v) is 13.0. The molecule has 0 saturated carbocycles. The number of benzene rings is 3. The molecule has 0 bridgehead atoms. The van der Waals surface area contributed by atoms with Crippen LogP contribution in [-0.4, -0.2) is 0 Å². The fourth-order valence-corrected chi connectivity index (χ4v) is 4.07. The highest BCUT2D eigenvalue weighted by Gasteiger charge is 2.22. The van der Waals surface area contributed by atoms with E-state index in [1.165, 1.54) is 26.5 Å². The van der Waals surface area contributed by atoms with E-state index in [0.717, 1.165) is 0 Å². The van der Waals surface area contributed by atoms with Crippen LogP contribution in [0.1, 0.15) is 22.6 Å². The Kier molecular flexibility index (Phi) is 3.57. The van der Waals surface area contributed by atoms with E-state index in [0.29, 0.717) is 5.92 Å². The van der Waals surface area contributed by atoms with Crippen molar-refractivity contribution in [1.29, 1.82) is 0 Å². The van der Waals surface area contributed by atoms with Crippen LogP contribution in [0.15, 0.2) is 95.9 Å². The third-order valence-electron chi connectivity index (χ3n) is 4.01. The Balaban J connectivity index is 1.85. The molecule has 22 heavy (non-hydrogen) atoms. The maximum Gasteiger partial charge on any atom is 0.0294 e. The van der Waals surface area contributed by atoms with Gasteiger partial charge in [0.2, 0.25) is 0 Å². The first-order valence-electron chi connectivity index (χ1n) is 7.51. The van der Waals surface area contributed by atoms with Gasteiger partial charge >= 0.3 is 0 Å². The standard InChI is InChI=1S/C21H16S/c1-3-9-16(10-4-1)19-15-21(17-11-5-2-6-12-17)22-20-14-8-7-13-18(19)20/h1-15,19H. The Morgan fingerprint density at radius 1 is 0.636 bits per heavy atom. The van der Waals surface area contributed by atoms with E-state index in [9.17, 15) is 0 Å². The summed E-state index contributed by atoms with van der Waals surface area (Å²) in [7, 11) is 0. The van der Waals surface area contributed by atoms with Crippen molar-refractivity contribution in [2.24, 2.45) is 0 Å². The SMILES string of the molecule is C1=C(c2ccccc2)Sc2ccccc2C1c1ccccc1. The molecular formula is C21H16S. The summed E-state index contributed by atoms with van der Waals surface area (Å²) < 4.78 is 0. The number of rotatable bonds is 2. The van der Waals surface area contributed by atoms with Crippen molar-refractivity contribution in [3.8, 4) is 0 Å². The minimum Gasteiger partial charge on any atom is -0.0894 e. The minimum absolute atomic E-state index is 0.328. The van der Waals surface area contributed by atoms with Crippen LogP contribution in [0.2, 0.25) is 0 Å². The molecule has 3 aromatic rings. The van der Waals surface area contributed by atoms with Gasteiger partial charge in [-0.3, -0.25) is 0 Å². The van der Waals surface area contributed by atoms with E-state index < -0.39 is 0 Å². The van der Waals surface area contributed by atoms with Crippen LogP contribution in [-0.2, 0) is 0 Å². The maximum absolute atomic E-state index is 2.40. The highest BCUT2D eigenvalue weighted by atomic mass is 32.2. The Morgan fingerprint density at radius 3 is 2.05 bits per heavy atom. The van der Waals surface area contributed by atoms with Crippen molar-refractivity contribution in [3.05, 3.63) is 108 Å². The molecule has 1 unspecified atom stereocenters. The zero-order valence-electron chi connectivity index (χ0n) is 12.1. The first-order chi connectivity index (χ1) is 10.9. The summed E-state index contributed by atoms with van der Waals surface area (Å²) in [6, 6.07) is 30.2. The molecular weight excluding hydrogens is 284 g/mol. The molecule has 0 nitrogen and oxygen atoms in total. The summed E-state index contributed by atoms with van der Waals surface area (Å²) in [5, 5.41) is 0. The molecule has 1 aliphatic rings. The van der Waals surface area contributed by atoms with Gasteiger partial charge in [-0.25, -0.2) is 0 Å². The second-order valence-corrected chi connectivity index (χ2v) is 6.51. The summed E-state index contributed by atoms with van der Waals surface area (Å²) in [5.74, 6) is 0.328. The first kappa shape index (κ1) is 13.4. The van der Waals surface area contributed by atoms with Crippen molar-refractivity contribution < 1.29 is 0 Å². The normalized spacial score (nSPS) is 16.7. The maximum atomic E-state index is 2.40. The van der Waals surface area contributed by atoms with Crippen LogP contribution in [0, 0.1) is 0 Å². The molecule has 0 amide bonds. The molecule has 0 aliphatic carbocycles. The van der Waals surface area contributed by atoms with Gasteiger partial charge in [-0.05, 0) is 22.8 Å². The third kappa shape index (κ3) is 2.49. The predicted molar refractivity (Wildman–Crippen MR) is 95.0 cm³/mol. The Morgan fingerprint density at radius 2 is 1.27 bits per heavy atom. The molecule has 1 atom stereocenters. The lowest BCUT2D eigenvalue weighted by atomic mass is 9.90. The molecule has 0 spiro atoms. The lowest BCUT2D eigenvalue weighted by Gasteiger charge is -2.24. The molecule has 0 aromatic heterocycles. The number of hydrogen-bond donors (Lipinski definition) is 0. The second kappa shape index (κ2) is 5.86. The monoisotopic (exact) mass is 300 g/mol. The fourth-order valence-electron chi connectivity index (χ4n) is 2.92. The van der Waals surface area contributed by atoms with Crippen molar-refractivity contribution in [2.45, 2.75) is 10.8 Å². The second-order valence-electron chi connectivity index (χ2n) is 5.43. The molecule has 1 aliphatic heterocycles. The molecule has 1 heterocycles. The van der Waals surface area contributed by atoms with Crippen molar-refractivity contribution in [1.82, 2.24) is 0 Å². The number of allylic oxidation sites excluding steroid dienone is 1. The minimum atomic E-state index is 0.328. The summed E-state index contributed by atoms with van der Waals surface area (Å²) in [5.41, 5.74) is 4.05. The predicted octanol–water partition coefficient (Wildman–Crippen LogP) is 5.97. The summed E-state index contributed by atoms with van der Waals surface area (Å²) in [6.07, 6.45) is 2.40. The average Bonchev–Trinajstić information content (AvgIpc) is 2.62. The number of fused-ring (bicyclic) bond motifs is 1. The highest BCUT2D eigenvalue weighted by molar-refractivity contribution is 8.08. The van der Waals surface area contributed by atoms with Crippen molar-refractivity contribution in [3.63, 3.8) is 0 Å². The van der Waals surface area contributed by atoms with Gasteiger partial charge in [0.15, 0.2) is 0 Å². The largest absolute Gasteiger partial charge is 0.0894 e. The lowest BCUT2D eigenvalue weighted by molar-refractivity contribution is 0.985. The van der Waals surface area contributed by atoms with Gasteiger partial charge in [0.25, 0.3) is 0 Å². The van der Waals surface area contributed by atoms with Gasteiger partial charge < -0.3 is 0 Å². The molecule has 0 saturated heterocycles. The molecule has 3 aromatic carbocycles. The van der Waals surface area contributed by atoms with Crippen molar-refractivity contribution in [2.75, 3.05) is 0 Å². The smallest absolute Gasteiger partial charge is 0.0294 e. The molecule has 106 valence electrons. The van der Waals surface area contributed by atoms with Gasteiger partial charge in [-0.1, -0.05) is 96.7 Å². The van der Waals surface area contributed by atoms with Crippen LogP contribution < -0.4 is 0 Å². The van der Waals surface area contributed by atoms with E-state index in [2.05, 4.69) is 91.0 Å². The molecule has 1 heteroatoms. The highest BCUT2D eigenvalue weighted by Crippen LogP contribution is 2.46. The van der Waals surface area contributed by atoms with Crippen LogP contribution in [0.3, 0.4) is 0 Å². The van der Waals surface area contributed by atoms with Gasteiger partial charge in [0, 0.05) is 15.7 Å². The van der Waals surface area contributed by atoms with Gasteiger partial charge in [0.05, 0.1) is 0 Å². The summed E-state index contributed by atoms with van der Waals surface area (Å²) in [6.45, 7) is 0. The van der Waals surface area contributed by atoms with E-state index in [-0.39, 0.29) is 0 Å². The Labute approximate surface area is 135 Å². The van der Waals surface area contributed by atoms with E-state index >= 15 is 0 Å². The third-order valence-corrected chi connectivity index (χ3v) is 5.19.